The van der Waals surface area contributed by atoms with Crippen LogP contribution in [0.1, 0.15) is 39.0 Å². The van der Waals surface area contributed by atoms with Crippen LogP contribution in [0.4, 0.5) is 10.1 Å². The predicted octanol–water partition coefficient (Wildman–Crippen LogP) is 2.65. The van der Waals surface area contributed by atoms with Crippen molar-refractivity contribution in [3.63, 3.8) is 0 Å². The Morgan fingerprint density at radius 2 is 1.96 bits per heavy atom. The van der Waals surface area contributed by atoms with Gasteiger partial charge in [-0.05, 0) is 36.5 Å². The fourth-order valence-electron chi connectivity index (χ4n) is 3.01. The van der Waals surface area contributed by atoms with E-state index in [4.69, 9.17) is 0 Å². The van der Waals surface area contributed by atoms with Gasteiger partial charge in [0, 0.05) is 5.69 Å². The third kappa shape index (κ3) is 5.91. The number of carbonyl (C=O) groups excluding carboxylic acids is 1. The van der Waals surface area contributed by atoms with Gasteiger partial charge in [-0.25, -0.2) is 17.5 Å². The molecule has 0 spiro atoms. The Hall–Kier alpha value is -1.47. The molecule has 1 fully saturated rings. The maximum atomic E-state index is 13.0. The molecule has 5 nitrogen and oxygen atoms in total. The highest BCUT2D eigenvalue weighted by Gasteiger charge is 2.32. The van der Waals surface area contributed by atoms with Crippen molar-refractivity contribution in [2.24, 2.45) is 5.41 Å². The molecule has 1 saturated carbocycles. The summed E-state index contributed by atoms with van der Waals surface area (Å²) in [4.78, 5) is 11.8. The number of sulfonamides is 1. The van der Waals surface area contributed by atoms with Crippen LogP contribution in [-0.4, -0.2) is 26.6 Å². The van der Waals surface area contributed by atoms with Crippen molar-refractivity contribution >= 4 is 21.6 Å². The first-order valence-electron chi connectivity index (χ1n) is 7.81. The van der Waals surface area contributed by atoms with Gasteiger partial charge in [0.05, 0.1) is 12.3 Å². The first kappa shape index (κ1) is 17.9. The number of rotatable bonds is 6. The molecule has 0 saturated heterocycles. The highest BCUT2D eigenvalue weighted by Crippen LogP contribution is 2.36. The summed E-state index contributed by atoms with van der Waals surface area (Å²) in [5.41, 5.74) is 0.0804. The van der Waals surface area contributed by atoms with Gasteiger partial charge < -0.3 is 5.32 Å². The average Bonchev–Trinajstić information content (AvgIpc) is 2.45. The zero-order chi connectivity index (χ0) is 16.9. The van der Waals surface area contributed by atoms with Crippen molar-refractivity contribution in [1.29, 1.82) is 0 Å². The van der Waals surface area contributed by atoms with Crippen LogP contribution in [0.3, 0.4) is 0 Å². The molecule has 2 N–H and O–H groups in total. The Balaban J connectivity index is 1.85. The van der Waals surface area contributed by atoms with Gasteiger partial charge in [0.2, 0.25) is 15.9 Å². The average molecular weight is 342 g/mol. The zero-order valence-electron chi connectivity index (χ0n) is 13.3. The second-order valence-electron chi connectivity index (χ2n) is 6.51. The lowest BCUT2D eigenvalue weighted by molar-refractivity contribution is -0.115. The van der Waals surface area contributed by atoms with Gasteiger partial charge in [-0.2, -0.15) is 0 Å². The highest BCUT2D eigenvalue weighted by molar-refractivity contribution is 7.89. The second kappa shape index (κ2) is 7.40. The lowest BCUT2D eigenvalue weighted by atomic mass is 9.77. The fraction of sp³-hybridized carbons (Fsp3) is 0.562. The van der Waals surface area contributed by atoms with E-state index in [1.165, 1.54) is 18.2 Å². The van der Waals surface area contributed by atoms with Crippen molar-refractivity contribution in [3.05, 3.63) is 30.1 Å². The Morgan fingerprint density at radius 3 is 2.61 bits per heavy atom. The molecule has 0 atom stereocenters. The molecule has 128 valence electrons. The van der Waals surface area contributed by atoms with Crippen molar-refractivity contribution < 1.29 is 17.6 Å². The van der Waals surface area contributed by atoms with Gasteiger partial charge in [-0.15, -0.1) is 0 Å². The van der Waals surface area contributed by atoms with Gasteiger partial charge in [0.1, 0.15) is 5.82 Å². The lowest BCUT2D eigenvalue weighted by Crippen LogP contribution is -2.39. The normalized spacial score (nSPS) is 17.7. The molecule has 2 rings (SSSR count). The van der Waals surface area contributed by atoms with Gasteiger partial charge >= 0.3 is 0 Å². The Bertz CT molecular complexity index is 655. The largest absolute Gasteiger partial charge is 0.325 e. The van der Waals surface area contributed by atoms with Crippen molar-refractivity contribution in [1.82, 2.24) is 4.72 Å². The molecule has 0 aromatic heterocycles. The number of hydrogen-bond acceptors (Lipinski definition) is 3. The van der Waals surface area contributed by atoms with Gasteiger partial charge in [-0.1, -0.05) is 32.3 Å². The molecule has 0 radical (unpaired) electrons. The van der Waals surface area contributed by atoms with E-state index in [-0.39, 0.29) is 17.7 Å². The number of amides is 1. The van der Waals surface area contributed by atoms with E-state index in [2.05, 4.69) is 10.0 Å². The maximum Gasteiger partial charge on any atom is 0.239 e. The predicted molar refractivity (Wildman–Crippen MR) is 88.0 cm³/mol. The summed E-state index contributed by atoms with van der Waals surface area (Å²) in [7, 11) is -3.52. The van der Waals surface area contributed by atoms with Crippen LogP contribution in [0.2, 0.25) is 0 Å². The molecule has 1 aliphatic carbocycles. The standard InChI is InChI=1S/C16H23FN2O3S/c1-16(8-3-2-4-9-16)12-23(21,22)18-11-15(20)19-14-7-5-6-13(17)10-14/h5-7,10,18H,2-4,8-9,11-12H2,1H3,(H,19,20). The van der Waals surface area contributed by atoms with Crippen LogP contribution in [-0.2, 0) is 14.8 Å². The number of nitrogens with one attached hydrogen (secondary N) is 2. The first-order valence-corrected chi connectivity index (χ1v) is 9.46. The van der Waals surface area contributed by atoms with Crippen LogP contribution in [0.15, 0.2) is 24.3 Å². The third-order valence-electron chi connectivity index (χ3n) is 4.16. The van der Waals surface area contributed by atoms with Gasteiger partial charge in [0.15, 0.2) is 0 Å². The van der Waals surface area contributed by atoms with Crippen LogP contribution in [0, 0.1) is 11.2 Å². The summed E-state index contributed by atoms with van der Waals surface area (Å²) in [6, 6.07) is 5.45. The minimum atomic E-state index is -3.52. The summed E-state index contributed by atoms with van der Waals surface area (Å²) < 4.78 is 39.7. The molecule has 0 aliphatic heterocycles. The van der Waals surface area contributed by atoms with E-state index in [1.54, 1.807) is 6.07 Å². The number of benzene rings is 1. The van der Waals surface area contributed by atoms with E-state index in [9.17, 15) is 17.6 Å². The van der Waals surface area contributed by atoms with Crippen LogP contribution in [0.25, 0.3) is 0 Å². The van der Waals surface area contributed by atoms with Gasteiger partial charge in [-0.3, -0.25) is 4.79 Å². The summed E-state index contributed by atoms with van der Waals surface area (Å²) >= 11 is 0. The van der Waals surface area contributed by atoms with Crippen molar-refractivity contribution in [2.45, 2.75) is 39.0 Å². The smallest absolute Gasteiger partial charge is 0.239 e. The topological polar surface area (TPSA) is 75.3 Å². The molecule has 7 heteroatoms. The quantitative estimate of drug-likeness (QED) is 0.834. The Labute approximate surface area is 136 Å². The minimum absolute atomic E-state index is 0.0350. The van der Waals surface area contributed by atoms with E-state index in [1.807, 2.05) is 6.92 Å². The Kier molecular flexibility index (Phi) is 5.75. The molecular formula is C16H23FN2O3S. The summed E-state index contributed by atoms with van der Waals surface area (Å²) in [6.07, 6.45) is 5.03. The first-order chi connectivity index (χ1) is 10.8. The fourth-order valence-corrected chi connectivity index (χ4v) is 4.67. The summed E-state index contributed by atoms with van der Waals surface area (Å²) in [5, 5.41) is 2.46. The molecule has 1 aromatic rings. The van der Waals surface area contributed by atoms with E-state index >= 15 is 0 Å². The molecule has 0 heterocycles. The molecule has 1 aliphatic rings. The molecule has 0 bridgehead atoms. The molecule has 1 amide bonds. The van der Waals surface area contributed by atoms with Crippen LogP contribution >= 0.6 is 0 Å². The third-order valence-corrected chi connectivity index (χ3v) is 5.82. The van der Waals surface area contributed by atoms with Gasteiger partial charge in [0.25, 0.3) is 0 Å². The zero-order valence-corrected chi connectivity index (χ0v) is 14.1. The number of anilines is 1. The molecular weight excluding hydrogens is 319 g/mol. The second-order valence-corrected chi connectivity index (χ2v) is 8.32. The minimum Gasteiger partial charge on any atom is -0.325 e. The summed E-state index contributed by atoms with van der Waals surface area (Å²) in [6.45, 7) is 1.63. The number of halogens is 1. The highest BCUT2D eigenvalue weighted by atomic mass is 32.2. The number of hydrogen-bond donors (Lipinski definition) is 2. The van der Waals surface area contributed by atoms with Crippen LogP contribution < -0.4 is 10.0 Å². The van der Waals surface area contributed by atoms with Crippen molar-refractivity contribution in [2.75, 3.05) is 17.6 Å². The van der Waals surface area contributed by atoms with Crippen LogP contribution in [0.5, 0.6) is 0 Å². The molecule has 23 heavy (non-hydrogen) atoms. The van der Waals surface area contributed by atoms with E-state index in [0.717, 1.165) is 32.1 Å². The van der Waals surface area contributed by atoms with E-state index < -0.39 is 21.7 Å². The van der Waals surface area contributed by atoms with Crippen molar-refractivity contribution in [3.8, 4) is 0 Å². The Morgan fingerprint density at radius 1 is 1.26 bits per heavy atom. The molecule has 1 aromatic carbocycles. The SMILES string of the molecule is CC1(CS(=O)(=O)NCC(=O)Nc2cccc(F)c2)CCCCC1. The number of carbonyl (C=O) groups is 1. The summed E-state index contributed by atoms with van der Waals surface area (Å²) in [5.74, 6) is -0.950. The van der Waals surface area contributed by atoms with E-state index in [0.29, 0.717) is 5.69 Å². The molecule has 0 unspecified atom stereocenters. The monoisotopic (exact) mass is 342 g/mol. The maximum absolute atomic E-state index is 13.0. The lowest BCUT2D eigenvalue weighted by Gasteiger charge is -2.33.